The highest BCUT2D eigenvalue weighted by Crippen LogP contribution is 2.31. The number of ether oxygens (including phenoxy) is 1. The molecule has 1 aliphatic heterocycles. The van der Waals surface area contributed by atoms with E-state index in [1.807, 2.05) is 18.2 Å². The van der Waals surface area contributed by atoms with E-state index in [0.29, 0.717) is 12.2 Å². The van der Waals surface area contributed by atoms with Crippen LogP contribution >= 0.6 is 0 Å². The van der Waals surface area contributed by atoms with Crippen LogP contribution in [0.25, 0.3) is 0 Å². The topological polar surface area (TPSA) is 58.6 Å². The summed E-state index contributed by atoms with van der Waals surface area (Å²) in [5.41, 5.74) is 2.14. The molecular formula is C12H15NO3. The molecule has 0 saturated carbocycles. The van der Waals surface area contributed by atoms with Gasteiger partial charge < -0.3 is 15.2 Å². The standard InChI is InChI=1S/C12H15NO3/c1-2-10(12(14)15)16-11-5-3-4-9-8(11)6-7-13-9/h3-5,10,13H,2,6-7H2,1H3,(H,14,15). The molecule has 1 aromatic rings. The Morgan fingerprint density at radius 3 is 3.12 bits per heavy atom. The van der Waals surface area contributed by atoms with E-state index < -0.39 is 12.1 Å². The Morgan fingerprint density at radius 2 is 2.44 bits per heavy atom. The van der Waals surface area contributed by atoms with Gasteiger partial charge in [0.25, 0.3) is 0 Å². The fourth-order valence-electron chi connectivity index (χ4n) is 1.88. The molecule has 1 aromatic carbocycles. The van der Waals surface area contributed by atoms with Crippen LogP contribution in [-0.4, -0.2) is 23.7 Å². The number of carboxylic acid groups (broad SMARTS) is 1. The second-order valence-corrected chi connectivity index (χ2v) is 3.81. The van der Waals surface area contributed by atoms with E-state index in [2.05, 4.69) is 5.32 Å². The molecule has 86 valence electrons. The van der Waals surface area contributed by atoms with Crippen molar-refractivity contribution in [3.8, 4) is 5.75 Å². The van der Waals surface area contributed by atoms with Crippen LogP contribution < -0.4 is 10.1 Å². The zero-order chi connectivity index (χ0) is 11.5. The van der Waals surface area contributed by atoms with Crippen LogP contribution in [0.15, 0.2) is 18.2 Å². The molecule has 0 bridgehead atoms. The number of carbonyl (C=O) groups is 1. The summed E-state index contributed by atoms with van der Waals surface area (Å²) >= 11 is 0. The van der Waals surface area contributed by atoms with Gasteiger partial charge in [-0.05, 0) is 25.0 Å². The van der Waals surface area contributed by atoms with Crippen LogP contribution in [0.4, 0.5) is 5.69 Å². The van der Waals surface area contributed by atoms with E-state index in [0.717, 1.165) is 24.2 Å². The Morgan fingerprint density at radius 1 is 1.62 bits per heavy atom. The first-order chi connectivity index (χ1) is 7.72. The number of rotatable bonds is 4. The molecule has 0 saturated heterocycles. The molecule has 1 atom stereocenters. The van der Waals surface area contributed by atoms with Gasteiger partial charge in [0.1, 0.15) is 5.75 Å². The van der Waals surface area contributed by atoms with Gasteiger partial charge in [-0.1, -0.05) is 13.0 Å². The molecule has 16 heavy (non-hydrogen) atoms. The first kappa shape index (κ1) is 10.8. The maximum Gasteiger partial charge on any atom is 0.344 e. The number of nitrogens with one attached hydrogen (secondary N) is 1. The molecule has 0 amide bonds. The second-order valence-electron chi connectivity index (χ2n) is 3.81. The number of carboxylic acids is 1. The number of benzene rings is 1. The molecule has 2 N–H and O–H groups in total. The summed E-state index contributed by atoms with van der Waals surface area (Å²) in [6, 6.07) is 5.69. The summed E-state index contributed by atoms with van der Waals surface area (Å²) in [5, 5.41) is 12.2. The van der Waals surface area contributed by atoms with Crippen molar-refractivity contribution in [3.63, 3.8) is 0 Å². The van der Waals surface area contributed by atoms with Crippen LogP contribution in [-0.2, 0) is 11.2 Å². The third-order valence-corrected chi connectivity index (χ3v) is 2.74. The summed E-state index contributed by atoms with van der Waals surface area (Å²) in [6.07, 6.45) is 0.598. The summed E-state index contributed by atoms with van der Waals surface area (Å²) < 4.78 is 5.53. The number of hydrogen-bond acceptors (Lipinski definition) is 3. The Hall–Kier alpha value is -1.71. The van der Waals surface area contributed by atoms with Crippen LogP contribution in [0.5, 0.6) is 5.75 Å². The largest absolute Gasteiger partial charge is 0.479 e. The Bertz CT molecular complexity index is 403. The zero-order valence-electron chi connectivity index (χ0n) is 9.19. The third-order valence-electron chi connectivity index (χ3n) is 2.74. The number of hydrogen-bond donors (Lipinski definition) is 2. The number of anilines is 1. The van der Waals surface area contributed by atoms with Gasteiger partial charge in [-0.3, -0.25) is 0 Å². The maximum absolute atomic E-state index is 10.9. The predicted molar refractivity (Wildman–Crippen MR) is 61.0 cm³/mol. The molecular weight excluding hydrogens is 206 g/mol. The second kappa shape index (κ2) is 4.43. The maximum atomic E-state index is 10.9. The summed E-state index contributed by atoms with van der Waals surface area (Å²) in [6.45, 7) is 2.69. The van der Waals surface area contributed by atoms with E-state index in [1.165, 1.54) is 0 Å². The average molecular weight is 221 g/mol. The summed E-state index contributed by atoms with van der Waals surface area (Å²) in [7, 11) is 0. The Labute approximate surface area is 94.2 Å². The van der Waals surface area contributed by atoms with Crippen molar-refractivity contribution in [2.45, 2.75) is 25.9 Å². The smallest absolute Gasteiger partial charge is 0.344 e. The molecule has 0 aromatic heterocycles. The zero-order valence-corrected chi connectivity index (χ0v) is 9.19. The van der Waals surface area contributed by atoms with Gasteiger partial charge in [0.15, 0.2) is 6.10 Å². The quantitative estimate of drug-likeness (QED) is 0.815. The van der Waals surface area contributed by atoms with E-state index in [-0.39, 0.29) is 0 Å². The van der Waals surface area contributed by atoms with Crippen molar-refractivity contribution in [2.75, 3.05) is 11.9 Å². The number of aliphatic carboxylic acids is 1. The lowest BCUT2D eigenvalue weighted by Crippen LogP contribution is -2.26. The molecule has 1 heterocycles. The van der Waals surface area contributed by atoms with Crippen molar-refractivity contribution >= 4 is 11.7 Å². The van der Waals surface area contributed by atoms with Crippen LogP contribution in [0, 0.1) is 0 Å². The normalized spacial score (nSPS) is 15.1. The van der Waals surface area contributed by atoms with Crippen LogP contribution in [0.1, 0.15) is 18.9 Å². The van der Waals surface area contributed by atoms with Crippen molar-refractivity contribution in [2.24, 2.45) is 0 Å². The summed E-state index contributed by atoms with van der Waals surface area (Å²) in [4.78, 5) is 10.9. The highest BCUT2D eigenvalue weighted by Gasteiger charge is 2.21. The lowest BCUT2D eigenvalue weighted by Gasteiger charge is -2.15. The van der Waals surface area contributed by atoms with Crippen molar-refractivity contribution in [3.05, 3.63) is 23.8 Å². The van der Waals surface area contributed by atoms with E-state index in [9.17, 15) is 4.79 Å². The molecule has 0 fully saturated rings. The molecule has 4 nitrogen and oxygen atoms in total. The molecule has 0 aliphatic carbocycles. The van der Waals surface area contributed by atoms with Crippen molar-refractivity contribution in [1.29, 1.82) is 0 Å². The molecule has 4 heteroatoms. The van der Waals surface area contributed by atoms with Gasteiger partial charge in [-0.15, -0.1) is 0 Å². The third kappa shape index (κ3) is 1.96. The van der Waals surface area contributed by atoms with E-state index >= 15 is 0 Å². The lowest BCUT2D eigenvalue weighted by molar-refractivity contribution is -0.145. The molecule has 0 radical (unpaired) electrons. The minimum Gasteiger partial charge on any atom is -0.479 e. The first-order valence-electron chi connectivity index (χ1n) is 5.47. The predicted octanol–water partition coefficient (Wildman–Crippen LogP) is 1.90. The fraction of sp³-hybridized carbons (Fsp3) is 0.417. The van der Waals surface area contributed by atoms with Gasteiger partial charge in [0.2, 0.25) is 0 Å². The minimum absolute atomic E-state index is 0.465. The van der Waals surface area contributed by atoms with Gasteiger partial charge in [-0.25, -0.2) is 4.79 Å². The Balaban J connectivity index is 2.21. The average Bonchev–Trinajstić information content (AvgIpc) is 2.73. The van der Waals surface area contributed by atoms with Crippen LogP contribution in [0.2, 0.25) is 0 Å². The lowest BCUT2D eigenvalue weighted by atomic mass is 10.1. The first-order valence-corrected chi connectivity index (χ1v) is 5.47. The molecule has 1 aliphatic rings. The SMILES string of the molecule is CCC(Oc1cccc2c1CCN2)C(=O)O. The van der Waals surface area contributed by atoms with Gasteiger partial charge in [0.05, 0.1) is 0 Å². The molecule has 1 unspecified atom stereocenters. The minimum atomic E-state index is -0.911. The molecule has 0 spiro atoms. The number of fused-ring (bicyclic) bond motifs is 1. The van der Waals surface area contributed by atoms with Gasteiger partial charge in [-0.2, -0.15) is 0 Å². The van der Waals surface area contributed by atoms with E-state index in [1.54, 1.807) is 6.92 Å². The monoisotopic (exact) mass is 221 g/mol. The Kier molecular flexibility index (Phi) is 2.99. The van der Waals surface area contributed by atoms with Crippen molar-refractivity contribution in [1.82, 2.24) is 0 Å². The van der Waals surface area contributed by atoms with Crippen molar-refractivity contribution < 1.29 is 14.6 Å². The van der Waals surface area contributed by atoms with Gasteiger partial charge in [0, 0.05) is 17.8 Å². The highest BCUT2D eigenvalue weighted by atomic mass is 16.5. The highest BCUT2D eigenvalue weighted by molar-refractivity contribution is 5.73. The van der Waals surface area contributed by atoms with Gasteiger partial charge >= 0.3 is 5.97 Å². The molecule has 2 rings (SSSR count). The van der Waals surface area contributed by atoms with E-state index in [4.69, 9.17) is 9.84 Å². The summed E-state index contributed by atoms with van der Waals surface area (Å²) in [5.74, 6) is -0.220. The van der Waals surface area contributed by atoms with Crippen LogP contribution in [0.3, 0.4) is 0 Å². The fourth-order valence-corrected chi connectivity index (χ4v) is 1.88.